The third kappa shape index (κ3) is 1.81. The van der Waals surface area contributed by atoms with E-state index in [1.165, 1.54) is 77.2 Å². The number of aromatic nitrogens is 1. The molecule has 1 aliphatic carbocycles. The molecule has 0 bridgehead atoms. The first-order valence-corrected chi connectivity index (χ1v) is 11.8. The van der Waals surface area contributed by atoms with Gasteiger partial charge in [-0.1, -0.05) is 84.9 Å². The molecule has 5 aromatic carbocycles. The van der Waals surface area contributed by atoms with Crippen molar-refractivity contribution in [3.05, 3.63) is 108 Å². The highest BCUT2D eigenvalue weighted by atomic mass is 14.9. The summed E-state index contributed by atoms with van der Waals surface area (Å²) in [5, 5.41) is 2.71. The molecule has 150 valence electrons. The van der Waals surface area contributed by atoms with Crippen molar-refractivity contribution in [2.75, 3.05) is 0 Å². The van der Waals surface area contributed by atoms with E-state index in [1.807, 2.05) is 0 Å². The molecule has 1 aromatic heterocycles. The molecule has 0 spiro atoms. The third-order valence-corrected chi connectivity index (χ3v) is 8.21. The van der Waals surface area contributed by atoms with Crippen LogP contribution in [0, 0.1) is 0 Å². The maximum absolute atomic E-state index is 2.63. The predicted molar refractivity (Wildman–Crippen MR) is 139 cm³/mol. The highest BCUT2D eigenvalue weighted by Crippen LogP contribution is 2.44. The van der Waals surface area contributed by atoms with Crippen LogP contribution in [0.4, 0.5) is 0 Å². The van der Waals surface area contributed by atoms with Crippen molar-refractivity contribution in [3.8, 4) is 33.4 Å². The molecular formula is C31H18BN. The Balaban J connectivity index is 1.45. The van der Waals surface area contributed by atoms with E-state index in [1.54, 1.807) is 0 Å². The Morgan fingerprint density at radius 3 is 2.24 bits per heavy atom. The third-order valence-electron chi connectivity index (χ3n) is 8.21. The maximum atomic E-state index is 2.63. The Morgan fingerprint density at radius 2 is 1.27 bits per heavy atom. The van der Waals surface area contributed by atoms with Gasteiger partial charge in [0.15, 0.2) is 0 Å². The lowest BCUT2D eigenvalue weighted by atomic mass is 9.50. The van der Waals surface area contributed by atoms with Crippen LogP contribution in [-0.4, -0.2) is 11.3 Å². The molecule has 0 unspecified atom stereocenters. The molecule has 3 heterocycles. The second kappa shape index (κ2) is 5.47. The summed E-state index contributed by atoms with van der Waals surface area (Å²) >= 11 is 0. The van der Waals surface area contributed by atoms with Gasteiger partial charge in [-0.15, -0.1) is 0 Å². The monoisotopic (exact) mass is 415 g/mol. The molecule has 1 nitrogen and oxygen atoms in total. The maximum Gasteiger partial charge on any atom is 0.330 e. The quantitative estimate of drug-likeness (QED) is 0.269. The second-order valence-corrected chi connectivity index (χ2v) is 9.69. The summed E-state index contributed by atoms with van der Waals surface area (Å²) in [6.07, 6.45) is 1.03. The molecule has 9 rings (SSSR count). The summed E-state index contributed by atoms with van der Waals surface area (Å²) in [5.74, 6) is 0. The SMILES string of the molecule is c1ccc2c(c1)Cc1cc3c(cc1-2)-c1cccc2c1B3n1c3ccccc3c3cccc-2c31. The van der Waals surface area contributed by atoms with Crippen molar-refractivity contribution < 1.29 is 0 Å². The van der Waals surface area contributed by atoms with E-state index in [4.69, 9.17) is 0 Å². The van der Waals surface area contributed by atoms with Gasteiger partial charge in [-0.3, -0.25) is 0 Å². The summed E-state index contributed by atoms with van der Waals surface area (Å²) in [5.41, 5.74) is 17.0. The van der Waals surface area contributed by atoms with E-state index in [0.29, 0.717) is 0 Å². The zero-order valence-electron chi connectivity index (χ0n) is 18.0. The predicted octanol–water partition coefficient (Wildman–Crippen LogP) is 5.98. The summed E-state index contributed by atoms with van der Waals surface area (Å²) in [6.45, 7) is 0.234. The molecule has 0 amide bonds. The van der Waals surface area contributed by atoms with E-state index in [9.17, 15) is 0 Å². The Morgan fingerprint density at radius 1 is 0.545 bits per heavy atom. The molecule has 0 radical (unpaired) electrons. The van der Waals surface area contributed by atoms with Crippen LogP contribution in [0.1, 0.15) is 11.1 Å². The number of hydrogen-bond acceptors (Lipinski definition) is 0. The Bertz CT molecular complexity index is 1860. The summed E-state index contributed by atoms with van der Waals surface area (Å²) in [4.78, 5) is 0. The van der Waals surface area contributed by atoms with Gasteiger partial charge in [-0.25, -0.2) is 0 Å². The molecule has 0 fully saturated rings. The van der Waals surface area contributed by atoms with Crippen LogP contribution in [0.25, 0.3) is 55.2 Å². The summed E-state index contributed by atoms with van der Waals surface area (Å²) in [7, 11) is 0. The van der Waals surface area contributed by atoms with Crippen LogP contribution in [-0.2, 0) is 6.42 Å². The van der Waals surface area contributed by atoms with Gasteiger partial charge in [0.1, 0.15) is 0 Å². The fourth-order valence-corrected chi connectivity index (χ4v) is 6.95. The lowest BCUT2D eigenvalue weighted by Crippen LogP contribution is -2.47. The van der Waals surface area contributed by atoms with E-state index in [2.05, 4.69) is 102 Å². The average Bonchev–Trinajstić information content (AvgIpc) is 3.50. The summed E-state index contributed by atoms with van der Waals surface area (Å²) < 4.78 is 2.63. The minimum atomic E-state index is 0.234. The zero-order chi connectivity index (χ0) is 21.3. The molecule has 33 heavy (non-hydrogen) atoms. The minimum absolute atomic E-state index is 0.234. The number of para-hydroxylation sites is 2. The number of nitrogens with zero attached hydrogens (tertiary/aromatic N) is 1. The van der Waals surface area contributed by atoms with Gasteiger partial charge in [-0.2, -0.15) is 0 Å². The Labute approximate surface area is 192 Å². The standard InChI is InChI=1S/C31H18BN/c1-2-8-20-18(7-1)15-19-16-28-27(17-26(19)20)23-11-5-10-22-25-13-6-12-24-21-9-3-4-14-29(21)33(31(24)25)32(28)30(22)23/h1-14,16-17H,15H2. The zero-order valence-corrected chi connectivity index (χ0v) is 18.0. The van der Waals surface area contributed by atoms with Crippen LogP contribution in [0.5, 0.6) is 0 Å². The van der Waals surface area contributed by atoms with Crippen molar-refractivity contribution in [1.29, 1.82) is 0 Å². The highest BCUT2D eigenvalue weighted by molar-refractivity contribution is 6.91. The van der Waals surface area contributed by atoms with Crippen molar-refractivity contribution in [1.82, 2.24) is 4.48 Å². The van der Waals surface area contributed by atoms with Gasteiger partial charge in [0, 0.05) is 27.4 Å². The number of hydrogen-bond donors (Lipinski definition) is 0. The van der Waals surface area contributed by atoms with Crippen molar-refractivity contribution in [2.45, 2.75) is 6.42 Å². The first-order chi connectivity index (χ1) is 16.4. The molecular weight excluding hydrogens is 397 g/mol. The van der Waals surface area contributed by atoms with Crippen LogP contribution >= 0.6 is 0 Å². The molecule has 0 saturated carbocycles. The van der Waals surface area contributed by atoms with Gasteiger partial charge in [0.25, 0.3) is 0 Å². The van der Waals surface area contributed by atoms with Gasteiger partial charge in [0.05, 0.1) is 0 Å². The van der Waals surface area contributed by atoms with Crippen LogP contribution in [0.3, 0.4) is 0 Å². The highest BCUT2D eigenvalue weighted by Gasteiger charge is 2.42. The Hall–Kier alpha value is -4.04. The molecule has 0 N–H and O–H groups in total. The summed E-state index contributed by atoms with van der Waals surface area (Å²) in [6, 6.07) is 36.6. The normalized spacial score (nSPS) is 13.9. The Kier molecular flexibility index (Phi) is 2.75. The smallest absolute Gasteiger partial charge is 0.330 e. The van der Waals surface area contributed by atoms with Crippen molar-refractivity contribution >= 4 is 39.6 Å². The number of rotatable bonds is 0. The second-order valence-electron chi connectivity index (χ2n) is 9.69. The minimum Gasteiger partial charge on any atom is -0.375 e. The van der Waals surface area contributed by atoms with E-state index < -0.39 is 0 Å². The molecule has 0 atom stereocenters. The van der Waals surface area contributed by atoms with E-state index in [0.717, 1.165) is 6.42 Å². The van der Waals surface area contributed by atoms with Crippen LogP contribution in [0.15, 0.2) is 97.1 Å². The van der Waals surface area contributed by atoms with Crippen LogP contribution in [0.2, 0.25) is 0 Å². The lowest BCUT2D eigenvalue weighted by Gasteiger charge is -2.25. The van der Waals surface area contributed by atoms with Gasteiger partial charge < -0.3 is 4.48 Å². The largest absolute Gasteiger partial charge is 0.375 e. The number of fused-ring (bicyclic) bond motifs is 11. The van der Waals surface area contributed by atoms with Crippen molar-refractivity contribution in [3.63, 3.8) is 0 Å². The van der Waals surface area contributed by atoms with Crippen LogP contribution < -0.4 is 10.9 Å². The van der Waals surface area contributed by atoms with E-state index in [-0.39, 0.29) is 6.85 Å². The molecule has 2 heteroatoms. The first-order valence-electron chi connectivity index (χ1n) is 11.8. The van der Waals surface area contributed by atoms with Crippen molar-refractivity contribution in [2.24, 2.45) is 0 Å². The van der Waals surface area contributed by atoms with Gasteiger partial charge in [0.2, 0.25) is 0 Å². The van der Waals surface area contributed by atoms with Gasteiger partial charge in [-0.05, 0) is 68.4 Å². The molecule has 6 aromatic rings. The topological polar surface area (TPSA) is 4.93 Å². The molecule has 0 saturated heterocycles. The van der Waals surface area contributed by atoms with E-state index >= 15 is 0 Å². The fourth-order valence-electron chi connectivity index (χ4n) is 6.95. The first kappa shape index (κ1) is 16.6. The molecule has 2 aliphatic heterocycles. The molecule has 3 aliphatic rings. The fraction of sp³-hybridized carbons (Fsp3) is 0.0323. The van der Waals surface area contributed by atoms with Gasteiger partial charge >= 0.3 is 6.85 Å². The number of benzene rings is 5. The lowest BCUT2D eigenvalue weighted by molar-refractivity contribution is 1.26. The average molecular weight is 415 g/mol.